The van der Waals surface area contributed by atoms with Crippen molar-refractivity contribution in [3.8, 4) is 0 Å². The summed E-state index contributed by atoms with van der Waals surface area (Å²) >= 11 is 0. The van der Waals surface area contributed by atoms with Crippen LogP contribution in [-0.4, -0.2) is 36.7 Å². The minimum Gasteiger partial charge on any atom is -0.384 e. The summed E-state index contributed by atoms with van der Waals surface area (Å²) in [5, 5.41) is 5.81. The van der Waals surface area contributed by atoms with Crippen LogP contribution in [0.15, 0.2) is 18.3 Å². The first-order valence-corrected chi connectivity index (χ1v) is 5.09. The molecule has 16 heavy (non-hydrogen) atoms. The van der Waals surface area contributed by atoms with Gasteiger partial charge in [-0.25, -0.2) is 4.98 Å². The van der Waals surface area contributed by atoms with Gasteiger partial charge >= 0.3 is 0 Å². The topological polar surface area (TPSA) is 89.3 Å². The summed E-state index contributed by atoms with van der Waals surface area (Å²) in [5.74, 6) is 0.309. The van der Waals surface area contributed by atoms with Gasteiger partial charge in [0.25, 0.3) is 0 Å². The fourth-order valence-corrected chi connectivity index (χ4v) is 1.44. The standard InChI is InChI=1S/C10H14N4O2/c11-9-2-1-7(5-13-9)14-10(15)8-6-16-4-3-12-8/h1-2,5,8,12H,3-4,6H2,(H2,11,13)(H,14,15). The zero-order valence-corrected chi connectivity index (χ0v) is 8.77. The summed E-state index contributed by atoms with van der Waals surface area (Å²) in [6, 6.07) is 3.05. The van der Waals surface area contributed by atoms with Crippen LogP contribution < -0.4 is 16.4 Å². The Hall–Kier alpha value is -1.66. The third-order valence-corrected chi connectivity index (χ3v) is 2.29. The van der Waals surface area contributed by atoms with Crippen molar-refractivity contribution in [3.63, 3.8) is 0 Å². The van der Waals surface area contributed by atoms with E-state index in [4.69, 9.17) is 10.5 Å². The molecule has 1 saturated heterocycles. The second kappa shape index (κ2) is 4.91. The summed E-state index contributed by atoms with van der Waals surface area (Å²) in [6.45, 7) is 1.74. The molecule has 0 bridgehead atoms. The molecule has 0 saturated carbocycles. The molecule has 0 aliphatic carbocycles. The van der Waals surface area contributed by atoms with E-state index in [1.807, 2.05) is 0 Å². The Bertz CT molecular complexity index is 360. The first-order chi connectivity index (χ1) is 7.75. The number of ether oxygens (including phenoxy) is 1. The molecule has 1 aromatic heterocycles. The third-order valence-electron chi connectivity index (χ3n) is 2.29. The molecule has 1 unspecified atom stereocenters. The monoisotopic (exact) mass is 222 g/mol. The maximum atomic E-state index is 11.7. The number of morpholine rings is 1. The Labute approximate surface area is 93.2 Å². The highest BCUT2D eigenvalue weighted by Gasteiger charge is 2.20. The van der Waals surface area contributed by atoms with Crippen LogP contribution in [0.4, 0.5) is 11.5 Å². The summed E-state index contributed by atoms with van der Waals surface area (Å²) in [7, 11) is 0. The highest BCUT2D eigenvalue weighted by Crippen LogP contribution is 2.07. The lowest BCUT2D eigenvalue weighted by Crippen LogP contribution is -2.48. The van der Waals surface area contributed by atoms with E-state index in [0.717, 1.165) is 0 Å². The van der Waals surface area contributed by atoms with Crippen LogP contribution in [-0.2, 0) is 9.53 Å². The number of aromatic nitrogens is 1. The van der Waals surface area contributed by atoms with Crippen LogP contribution in [0, 0.1) is 0 Å². The smallest absolute Gasteiger partial charge is 0.243 e. The molecule has 1 atom stereocenters. The van der Waals surface area contributed by atoms with Crippen LogP contribution in [0.5, 0.6) is 0 Å². The molecule has 6 nitrogen and oxygen atoms in total. The van der Waals surface area contributed by atoms with Gasteiger partial charge in [0.2, 0.25) is 5.91 Å². The van der Waals surface area contributed by atoms with Gasteiger partial charge in [-0.1, -0.05) is 0 Å². The van der Waals surface area contributed by atoms with Crippen molar-refractivity contribution in [2.45, 2.75) is 6.04 Å². The van der Waals surface area contributed by atoms with Gasteiger partial charge in [-0.15, -0.1) is 0 Å². The van der Waals surface area contributed by atoms with Crippen molar-refractivity contribution in [1.82, 2.24) is 10.3 Å². The minimum atomic E-state index is -0.300. The predicted molar refractivity (Wildman–Crippen MR) is 59.9 cm³/mol. The summed E-state index contributed by atoms with van der Waals surface area (Å²) in [6.07, 6.45) is 1.52. The first-order valence-electron chi connectivity index (χ1n) is 5.09. The number of carbonyl (C=O) groups is 1. The third kappa shape index (κ3) is 2.68. The summed E-state index contributed by atoms with van der Waals surface area (Å²) in [5.41, 5.74) is 6.08. The van der Waals surface area contributed by atoms with Crippen molar-refractivity contribution in [2.75, 3.05) is 30.8 Å². The van der Waals surface area contributed by atoms with Crippen LogP contribution >= 0.6 is 0 Å². The van der Waals surface area contributed by atoms with Crippen molar-refractivity contribution in [3.05, 3.63) is 18.3 Å². The number of hydrogen-bond acceptors (Lipinski definition) is 5. The van der Waals surface area contributed by atoms with Gasteiger partial charge in [-0.05, 0) is 12.1 Å². The predicted octanol–water partition coefficient (Wildman–Crippen LogP) is -0.409. The van der Waals surface area contributed by atoms with Crippen molar-refractivity contribution >= 4 is 17.4 Å². The van der Waals surface area contributed by atoms with E-state index < -0.39 is 0 Å². The van der Waals surface area contributed by atoms with Gasteiger partial charge in [0.1, 0.15) is 11.9 Å². The number of nitrogens with one attached hydrogen (secondary N) is 2. The van der Waals surface area contributed by atoms with E-state index in [2.05, 4.69) is 15.6 Å². The molecule has 0 radical (unpaired) electrons. The van der Waals surface area contributed by atoms with E-state index in [9.17, 15) is 4.79 Å². The van der Waals surface area contributed by atoms with Gasteiger partial charge in [0, 0.05) is 6.54 Å². The molecule has 1 aromatic rings. The zero-order chi connectivity index (χ0) is 11.4. The van der Waals surface area contributed by atoms with E-state index in [0.29, 0.717) is 31.3 Å². The number of pyridine rings is 1. The van der Waals surface area contributed by atoms with Gasteiger partial charge in [-0.2, -0.15) is 0 Å². The van der Waals surface area contributed by atoms with Crippen LogP contribution in [0.2, 0.25) is 0 Å². The number of amides is 1. The minimum absolute atomic E-state index is 0.119. The molecule has 0 aromatic carbocycles. The maximum Gasteiger partial charge on any atom is 0.243 e. The van der Waals surface area contributed by atoms with Crippen molar-refractivity contribution in [1.29, 1.82) is 0 Å². The average molecular weight is 222 g/mol. The number of anilines is 2. The molecular formula is C10H14N4O2. The highest BCUT2D eigenvalue weighted by molar-refractivity contribution is 5.94. The molecule has 0 spiro atoms. The summed E-state index contributed by atoms with van der Waals surface area (Å²) < 4.78 is 5.20. The maximum absolute atomic E-state index is 11.7. The van der Waals surface area contributed by atoms with Gasteiger partial charge in [0.05, 0.1) is 25.1 Å². The van der Waals surface area contributed by atoms with Crippen LogP contribution in [0.25, 0.3) is 0 Å². The second-order valence-corrected chi connectivity index (χ2v) is 3.54. The SMILES string of the molecule is Nc1ccc(NC(=O)C2COCCN2)cn1. The Balaban J connectivity index is 1.93. The van der Waals surface area contributed by atoms with E-state index >= 15 is 0 Å². The molecule has 4 N–H and O–H groups in total. The lowest BCUT2D eigenvalue weighted by Gasteiger charge is -2.22. The molecule has 86 valence electrons. The largest absolute Gasteiger partial charge is 0.384 e. The lowest BCUT2D eigenvalue weighted by atomic mass is 10.2. The molecule has 1 aliphatic heterocycles. The Morgan fingerprint density at radius 2 is 2.50 bits per heavy atom. The second-order valence-electron chi connectivity index (χ2n) is 3.54. The molecule has 1 aliphatic rings. The zero-order valence-electron chi connectivity index (χ0n) is 8.77. The fraction of sp³-hybridized carbons (Fsp3) is 0.400. The number of carbonyl (C=O) groups excluding carboxylic acids is 1. The van der Waals surface area contributed by atoms with Gasteiger partial charge in [-0.3, -0.25) is 4.79 Å². The molecule has 1 amide bonds. The van der Waals surface area contributed by atoms with Crippen molar-refractivity contribution < 1.29 is 9.53 Å². The van der Waals surface area contributed by atoms with Crippen LogP contribution in [0.1, 0.15) is 0 Å². The van der Waals surface area contributed by atoms with Gasteiger partial charge < -0.3 is 21.1 Å². The number of nitrogens with zero attached hydrogens (tertiary/aromatic N) is 1. The number of rotatable bonds is 2. The Morgan fingerprint density at radius 1 is 1.62 bits per heavy atom. The average Bonchev–Trinajstić information content (AvgIpc) is 2.33. The van der Waals surface area contributed by atoms with Crippen molar-refractivity contribution in [2.24, 2.45) is 0 Å². The molecular weight excluding hydrogens is 208 g/mol. The number of hydrogen-bond donors (Lipinski definition) is 3. The normalized spacial score (nSPS) is 20.4. The van der Waals surface area contributed by atoms with Gasteiger partial charge in [0.15, 0.2) is 0 Å². The van der Waals surface area contributed by atoms with E-state index in [1.54, 1.807) is 12.1 Å². The first kappa shape index (κ1) is 10.8. The lowest BCUT2D eigenvalue weighted by molar-refractivity contribution is -0.120. The number of nitrogens with two attached hydrogens (primary N) is 1. The number of nitrogen functional groups attached to an aromatic ring is 1. The van der Waals surface area contributed by atoms with Crippen LogP contribution in [0.3, 0.4) is 0 Å². The summed E-state index contributed by atoms with van der Waals surface area (Å²) in [4.78, 5) is 15.6. The molecule has 2 heterocycles. The van der Waals surface area contributed by atoms with E-state index in [1.165, 1.54) is 6.20 Å². The molecule has 1 fully saturated rings. The molecule has 6 heteroatoms. The fourth-order valence-electron chi connectivity index (χ4n) is 1.44. The molecule has 2 rings (SSSR count). The Morgan fingerprint density at radius 3 is 3.12 bits per heavy atom. The van der Waals surface area contributed by atoms with E-state index in [-0.39, 0.29) is 11.9 Å². The quantitative estimate of drug-likeness (QED) is 0.633. The highest BCUT2D eigenvalue weighted by atomic mass is 16.5. The Kier molecular flexibility index (Phi) is 3.33.